The third-order valence-electron chi connectivity index (χ3n) is 4.32. The number of hydrogen-bond acceptors (Lipinski definition) is 4. The van der Waals surface area contributed by atoms with Gasteiger partial charge < -0.3 is 10.1 Å². The normalized spacial score (nSPS) is 15.1. The molecule has 0 saturated heterocycles. The summed E-state index contributed by atoms with van der Waals surface area (Å²) in [4.78, 5) is 17.8. The molecule has 0 bridgehead atoms. The zero-order valence-electron chi connectivity index (χ0n) is 14.1. The van der Waals surface area contributed by atoms with E-state index in [1.165, 1.54) is 30.6 Å². The number of rotatable bonds is 4. The molecule has 1 aromatic heterocycles. The van der Waals surface area contributed by atoms with Crippen LogP contribution in [0, 0.1) is 6.92 Å². The van der Waals surface area contributed by atoms with Crippen LogP contribution in [0.25, 0.3) is 11.3 Å². The number of carbonyl (C=O) groups is 1. The SMILES string of the molecule is COc1ccc(-c2nc(NC(=O)NC3CCCCC3)sc2C)cc1. The molecule has 6 heteroatoms. The minimum Gasteiger partial charge on any atom is -0.497 e. The number of amides is 2. The molecule has 0 spiro atoms. The molecule has 24 heavy (non-hydrogen) atoms. The Hall–Kier alpha value is -2.08. The number of aryl methyl sites for hydroxylation is 1. The number of nitrogens with one attached hydrogen (secondary N) is 2. The molecular weight excluding hydrogens is 322 g/mol. The number of hydrogen-bond donors (Lipinski definition) is 2. The van der Waals surface area contributed by atoms with Crippen molar-refractivity contribution in [2.45, 2.75) is 45.1 Å². The van der Waals surface area contributed by atoms with Gasteiger partial charge in [0.1, 0.15) is 5.75 Å². The largest absolute Gasteiger partial charge is 0.497 e. The first-order valence-electron chi connectivity index (χ1n) is 8.35. The number of anilines is 1. The molecule has 1 aliphatic carbocycles. The molecule has 2 N–H and O–H groups in total. The molecule has 1 saturated carbocycles. The van der Waals surface area contributed by atoms with Crippen LogP contribution >= 0.6 is 11.3 Å². The van der Waals surface area contributed by atoms with Gasteiger partial charge in [-0.15, -0.1) is 11.3 Å². The van der Waals surface area contributed by atoms with Gasteiger partial charge in [0.25, 0.3) is 0 Å². The van der Waals surface area contributed by atoms with E-state index in [2.05, 4.69) is 15.6 Å². The number of carbonyl (C=O) groups excluding carboxylic acids is 1. The predicted octanol–water partition coefficient (Wildman–Crippen LogP) is 4.58. The van der Waals surface area contributed by atoms with Crippen molar-refractivity contribution in [1.29, 1.82) is 0 Å². The average Bonchev–Trinajstić information content (AvgIpc) is 2.96. The Balaban J connectivity index is 1.65. The molecule has 0 radical (unpaired) electrons. The summed E-state index contributed by atoms with van der Waals surface area (Å²) in [5.41, 5.74) is 1.92. The maximum absolute atomic E-state index is 12.1. The van der Waals surface area contributed by atoms with Crippen molar-refractivity contribution in [3.05, 3.63) is 29.1 Å². The van der Waals surface area contributed by atoms with Crippen LogP contribution in [-0.4, -0.2) is 24.2 Å². The fraction of sp³-hybridized carbons (Fsp3) is 0.444. The lowest BCUT2D eigenvalue weighted by Crippen LogP contribution is -2.38. The van der Waals surface area contributed by atoms with Crippen LogP contribution in [0.2, 0.25) is 0 Å². The molecule has 128 valence electrons. The number of aromatic nitrogens is 1. The van der Waals surface area contributed by atoms with Crippen LogP contribution in [0.3, 0.4) is 0 Å². The average molecular weight is 345 g/mol. The fourth-order valence-electron chi connectivity index (χ4n) is 3.03. The van der Waals surface area contributed by atoms with Crippen molar-refractivity contribution in [2.75, 3.05) is 12.4 Å². The Morgan fingerprint density at radius 2 is 1.92 bits per heavy atom. The Morgan fingerprint density at radius 1 is 1.21 bits per heavy atom. The highest BCUT2D eigenvalue weighted by atomic mass is 32.1. The molecule has 1 aliphatic rings. The highest BCUT2D eigenvalue weighted by Gasteiger charge is 2.17. The van der Waals surface area contributed by atoms with Crippen LogP contribution in [0.4, 0.5) is 9.93 Å². The Bertz CT molecular complexity index is 691. The van der Waals surface area contributed by atoms with Crippen molar-refractivity contribution in [3.63, 3.8) is 0 Å². The van der Waals surface area contributed by atoms with Crippen LogP contribution in [0.15, 0.2) is 24.3 Å². The standard InChI is InChI=1S/C18H23N3O2S/c1-12-16(13-8-10-15(23-2)11-9-13)20-18(24-12)21-17(22)19-14-6-4-3-5-7-14/h8-11,14H,3-7H2,1-2H3,(H2,19,20,21,22). The first-order chi connectivity index (χ1) is 11.7. The zero-order valence-corrected chi connectivity index (χ0v) is 14.9. The van der Waals surface area contributed by atoms with Gasteiger partial charge in [0.2, 0.25) is 0 Å². The number of ether oxygens (including phenoxy) is 1. The van der Waals surface area contributed by atoms with Crippen molar-refractivity contribution in [1.82, 2.24) is 10.3 Å². The van der Waals surface area contributed by atoms with Gasteiger partial charge in [-0.3, -0.25) is 5.32 Å². The second-order valence-corrected chi connectivity index (χ2v) is 7.29. The van der Waals surface area contributed by atoms with Gasteiger partial charge >= 0.3 is 6.03 Å². The summed E-state index contributed by atoms with van der Waals surface area (Å²) in [5, 5.41) is 6.56. The van der Waals surface area contributed by atoms with Gasteiger partial charge in [0, 0.05) is 16.5 Å². The van der Waals surface area contributed by atoms with Crippen LogP contribution in [0.1, 0.15) is 37.0 Å². The van der Waals surface area contributed by atoms with E-state index < -0.39 is 0 Å². The first-order valence-corrected chi connectivity index (χ1v) is 9.16. The third kappa shape index (κ3) is 4.06. The van der Waals surface area contributed by atoms with Crippen molar-refractivity contribution in [3.8, 4) is 17.0 Å². The summed E-state index contributed by atoms with van der Waals surface area (Å²) >= 11 is 1.50. The van der Waals surface area contributed by atoms with Gasteiger partial charge in [-0.25, -0.2) is 9.78 Å². The maximum Gasteiger partial charge on any atom is 0.321 e. The number of thiazole rings is 1. The zero-order chi connectivity index (χ0) is 16.9. The highest BCUT2D eigenvalue weighted by molar-refractivity contribution is 7.16. The van der Waals surface area contributed by atoms with E-state index in [1.54, 1.807) is 7.11 Å². The second-order valence-electron chi connectivity index (χ2n) is 6.09. The summed E-state index contributed by atoms with van der Waals surface area (Å²) < 4.78 is 5.18. The van der Waals surface area contributed by atoms with E-state index in [0.29, 0.717) is 11.2 Å². The summed E-state index contributed by atoms with van der Waals surface area (Å²) in [6.07, 6.45) is 5.81. The minimum atomic E-state index is -0.156. The van der Waals surface area contributed by atoms with Crippen molar-refractivity contribution >= 4 is 22.5 Å². The molecule has 3 rings (SSSR count). The molecule has 2 aromatic rings. The van der Waals surface area contributed by atoms with Crippen LogP contribution in [0.5, 0.6) is 5.75 Å². The molecule has 5 nitrogen and oxygen atoms in total. The van der Waals surface area contributed by atoms with E-state index in [0.717, 1.165) is 34.7 Å². The Morgan fingerprint density at radius 3 is 2.58 bits per heavy atom. The van der Waals surface area contributed by atoms with Crippen molar-refractivity contribution in [2.24, 2.45) is 0 Å². The van der Waals surface area contributed by atoms with Gasteiger partial charge in [-0.1, -0.05) is 19.3 Å². The maximum atomic E-state index is 12.1. The molecule has 1 aromatic carbocycles. The van der Waals surface area contributed by atoms with E-state index >= 15 is 0 Å². The first kappa shape index (κ1) is 16.8. The Labute approximate surface area is 146 Å². The molecule has 0 unspecified atom stereocenters. The van der Waals surface area contributed by atoms with E-state index in [1.807, 2.05) is 31.2 Å². The highest BCUT2D eigenvalue weighted by Crippen LogP contribution is 2.31. The van der Waals surface area contributed by atoms with E-state index in [-0.39, 0.29) is 6.03 Å². The summed E-state index contributed by atoms with van der Waals surface area (Å²) in [7, 11) is 1.65. The molecule has 1 fully saturated rings. The smallest absolute Gasteiger partial charge is 0.321 e. The van der Waals surface area contributed by atoms with Crippen LogP contribution in [-0.2, 0) is 0 Å². The number of urea groups is 1. The quantitative estimate of drug-likeness (QED) is 0.852. The van der Waals surface area contributed by atoms with E-state index in [4.69, 9.17) is 4.74 Å². The number of nitrogens with zero attached hydrogens (tertiary/aromatic N) is 1. The van der Waals surface area contributed by atoms with E-state index in [9.17, 15) is 4.79 Å². The molecular formula is C18H23N3O2S. The van der Waals surface area contributed by atoms with Crippen molar-refractivity contribution < 1.29 is 9.53 Å². The van der Waals surface area contributed by atoms with Gasteiger partial charge in [0.05, 0.1) is 12.8 Å². The van der Waals surface area contributed by atoms with Gasteiger partial charge in [0.15, 0.2) is 5.13 Å². The molecule has 0 atom stereocenters. The molecule has 1 heterocycles. The van der Waals surface area contributed by atoms with Gasteiger partial charge in [-0.05, 0) is 44.0 Å². The second kappa shape index (κ2) is 7.66. The lowest BCUT2D eigenvalue weighted by molar-refractivity contribution is 0.244. The summed E-state index contributed by atoms with van der Waals surface area (Å²) in [6, 6.07) is 7.92. The summed E-state index contributed by atoms with van der Waals surface area (Å²) in [6.45, 7) is 2.02. The fourth-order valence-corrected chi connectivity index (χ4v) is 3.86. The minimum absolute atomic E-state index is 0.156. The summed E-state index contributed by atoms with van der Waals surface area (Å²) in [5.74, 6) is 0.817. The number of methoxy groups -OCH3 is 1. The lowest BCUT2D eigenvalue weighted by atomic mass is 9.96. The lowest BCUT2D eigenvalue weighted by Gasteiger charge is -2.22. The third-order valence-corrected chi connectivity index (χ3v) is 5.21. The molecule has 0 aliphatic heterocycles. The molecule has 2 amide bonds. The topological polar surface area (TPSA) is 63.2 Å². The van der Waals surface area contributed by atoms with Crippen LogP contribution < -0.4 is 15.4 Å². The number of benzene rings is 1. The van der Waals surface area contributed by atoms with Gasteiger partial charge in [-0.2, -0.15) is 0 Å². The monoisotopic (exact) mass is 345 g/mol. The predicted molar refractivity (Wildman–Crippen MR) is 97.9 cm³/mol. The Kier molecular flexibility index (Phi) is 5.35.